The van der Waals surface area contributed by atoms with Crippen LogP contribution in [0, 0.1) is 0 Å². The summed E-state index contributed by atoms with van der Waals surface area (Å²) in [6.07, 6.45) is 7.15. The molecule has 1 atom stereocenters. The van der Waals surface area contributed by atoms with E-state index in [0.717, 1.165) is 17.3 Å². The second kappa shape index (κ2) is 9.57. The van der Waals surface area contributed by atoms with Gasteiger partial charge in [-0.25, -0.2) is 14.6 Å². The number of anilines is 1. The molecule has 1 aromatic carbocycles. The molecule has 7 nitrogen and oxygen atoms in total. The number of carboxylic acids is 1. The number of hydrogen-bond donors (Lipinski definition) is 2. The van der Waals surface area contributed by atoms with Crippen LogP contribution in [0.2, 0.25) is 0 Å². The minimum absolute atomic E-state index is 0.000126. The van der Waals surface area contributed by atoms with Gasteiger partial charge < -0.3 is 10.0 Å². The Morgan fingerprint density at radius 2 is 2.03 bits per heavy atom. The van der Waals surface area contributed by atoms with E-state index in [1.54, 1.807) is 29.1 Å². The van der Waals surface area contributed by atoms with Gasteiger partial charge in [0.05, 0.1) is 11.7 Å². The van der Waals surface area contributed by atoms with Crippen LogP contribution in [-0.2, 0) is 20.9 Å². The molecule has 8 heteroatoms. The molecular formula is C24H24FN3O4. The molecule has 1 aromatic rings. The van der Waals surface area contributed by atoms with Crippen LogP contribution in [0.4, 0.5) is 10.1 Å². The van der Waals surface area contributed by atoms with E-state index in [9.17, 15) is 23.9 Å². The quantitative estimate of drug-likeness (QED) is 0.475. The van der Waals surface area contributed by atoms with Crippen LogP contribution in [-0.4, -0.2) is 33.6 Å². The summed E-state index contributed by atoms with van der Waals surface area (Å²) in [5, 5.41) is 11.1. The molecule has 2 N–H and O–H groups in total. The number of benzene rings is 1. The van der Waals surface area contributed by atoms with Gasteiger partial charge in [0.25, 0.3) is 0 Å². The van der Waals surface area contributed by atoms with E-state index in [1.165, 1.54) is 19.2 Å². The summed E-state index contributed by atoms with van der Waals surface area (Å²) in [5.74, 6) is -2.96. The molecule has 2 aliphatic rings. The number of hydrazine groups is 1. The number of Topliss-reactive ketones (excluding diaryl/α,β-unsaturated/α-hetero) is 2. The Hall–Kier alpha value is -3.78. The van der Waals surface area contributed by atoms with E-state index in [0.29, 0.717) is 5.70 Å². The molecule has 3 rings (SSSR count). The topological polar surface area (TPSA) is 90.0 Å². The van der Waals surface area contributed by atoms with Crippen molar-refractivity contribution in [2.45, 2.75) is 32.9 Å². The number of halogens is 1. The van der Waals surface area contributed by atoms with Gasteiger partial charge in [-0.3, -0.25) is 14.6 Å². The van der Waals surface area contributed by atoms with Gasteiger partial charge in [-0.15, -0.1) is 0 Å². The summed E-state index contributed by atoms with van der Waals surface area (Å²) in [5.41, 5.74) is 4.61. The maximum absolute atomic E-state index is 14.3. The van der Waals surface area contributed by atoms with Crippen LogP contribution in [0.25, 0.3) is 0 Å². The number of ketones is 2. The minimum atomic E-state index is -1.40. The first-order chi connectivity index (χ1) is 15.2. The number of hydrogen-bond acceptors (Lipinski definition) is 6. The van der Waals surface area contributed by atoms with Crippen molar-refractivity contribution in [2.75, 3.05) is 5.01 Å². The molecule has 1 unspecified atom stereocenters. The van der Waals surface area contributed by atoms with Crippen LogP contribution in [0.5, 0.6) is 0 Å². The number of carboxylic acid groups (broad SMARTS) is 1. The van der Waals surface area contributed by atoms with Crippen LogP contribution in [0.3, 0.4) is 0 Å². The molecule has 1 aliphatic carbocycles. The number of carbonyl (C=O) groups is 3. The van der Waals surface area contributed by atoms with E-state index >= 15 is 0 Å². The van der Waals surface area contributed by atoms with Crippen molar-refractivity contribution in [2.24, 2.45) is 0 Å². The van der Waals surface area contributed by atoms with E-state index in [1.807, 2.05) is 24.3 Å². The minimum Gasteiger partial charge on any atom is -0.477 e. The Morgan fingerprint density at radius 1 is 1.34 bits per heavy atom. The van der Waals surface area contributed by atoms with Gasteiger partial charge in [0.15, 0.2) is 0 Å². The molecule has 0 saturated heterocycles. The van der Waals surface area contributed by atoms with Crippen molar-refractivity contribution in [3.05, 3.63) is 89.7 Å². The molecule has 0 radical (unpaired) electrons. The fraction of sp³-hybridized carbons (Fsp3) is 0.208. The highest BCUT2D eigenvalue weighted by Crippen LogP contribution is 2.31. The molecule has 2 bridgehead atoms. The monoisotopic (exact) mass is 437 g/mol. The van der Waals surface area contributed by atoms with Crippen molar-refractivity contribution >= 4 is 23.2 Å². The third kappa shape index (κ3) is 4.92. The summed E-state index contributed by atoms with van der Waals surface area (Å²) in [6.45, 7) is 7.29. The second-order valence-corrected chi connectivity index (χ2v) is 7.51. The second-order valence-electron chi connectivity index (χ2n) is 7.51. The zero-order valence-electron chi connectivity index (χ0n) is 17.8. The number of allylic oxidation sites excluding steroid dienone is 5. The Balaban J connectivity index is 1.87. The van der Waals surface area contributed by atoms with Gasteiger partial charge in [-0.05, 0) is 43.7 Å². The summed E-state index contributed by atoms with van der Waals surface area (Å²) < 4.78 is 14.3. The zero-order chi connectivity index (χ0) is 23.4. The first kappa shape index (κ1) is 22.9. The first-order valence-corrected chi connectivity index (χ1v) is 10.0. The number of rotatable bonds is 8. The van der Waals surface area contributed by atoms with Gasteiger partial charge in [0.1, 0.15) is 17.2 Å². The largest absolute Gasteiger partial charge is 0.477 e. The predicted molar refractivity (Wildman–Crippen MR) is 119 cm³/mol. The lowest BCUT2D eigenvalue weighted by molar-refractivity contribution is -0.134. The highest BCUT2D eigenvalue weighted by Gasteiger charge is 2.31. The van der Waals surface area contributed by atoms with Gasteiger partial charge >= 0.3 is 5.97 Å². The van der Waals surface area contributed by atoms with Crippen molar-refractivity contribution in [3.8, 4) is 0 Å². The Bertz CT molecular complexity index is 1080. The molecule has 1 aliphatic heterocycles. The lowest BCUT2D eigenvalue weighted by atomic mass is 10.0. The molecule has 0 fully saturated rings. The summed E-state index contributed by atoms with van der Waals surface area (Å²) in [7, 11) is 0. The first-order valence-electron chi connectivity index (χ1n) is 10.0. The number of nitrogens with zero attached hydrogens (tertiary/aromatic N) is 2. The number of nitrogens with one attached hydrogen (secondary N) is 1. The van der Waals surface area contributed by atoms with Gasteiger partial charge in [0.2, 0.25) is 5.78 Å². The fourth-order valence-corrected chi connectivity index (χ4v) is 3.31. The molecule has 166 valence electrons. The molecule has 0 saturated carbocycles. The smallest absolute Gasteiger partial charge is 0.341 e. The summed E-state index contributed by atoms with van der Waals surface area (Å²) in [4.78, 5) is 37.4. The summed E-state index contributed by atoms with van der Waals surface area (Å²) >= 11 is 0. The number of carbonyl (C=O) groups excluding carboxylic acids is 2. The molecule has 1 heterocycles. The Morgan fingerprint density at radius 3 is 2.62 bits per heavy atom. The van der Waals surface area contributed by atoms with Gasteiger partial charge in [-0.2, -0.15) is 0 Å². The fourth-order valence-electron chi connectivity index (χ4n) is 3.31. The maximum atomic E-state index is 14.3. The van der Waals surface area contributed by atoms with Crippen LogP contribution in [0.1, 0.15) is 25.8 Å². The molecule has 0 amide bonds. The number of aliphatic carboxylic acids is 1. The van der Waals surface area contributed by atoms with Crippen molar-refractivity contribution in [1.29, 1.82) is 0 Å². The molecule has 32 heavy (non-hydrogen) atoms. The maximum Gasteiger partial charge on any atom is 0.341 e. The Kier molecular flexibility index (Phi) is 6.85. The lowest BCUT2D eigenvalue weighted by Gasteiger charge is -2.25. The normalized spacial score (nSPS) is 16.6. The third-order valence-electron chi connectivity index (χ3n) is 5.27. The van der Waals surface area contributed by atoms with Crippen LogP contribution < -0.4 is 10.4 Å². The average Bonchev–Trinajstić information content (AvgIpc) is 3.03. The SMILES string of the molecule is C=CN(NC(C)C(C)=O)c1ccc(CN2C=C(C(=O)O)C(=O)C3=C(F)C=CC=C2C3)cc1. The van der Waals surface area contributed by atoms with Crippen molar-refractivity contribution < 1.29 is 23.9 Å². The Labute approximate surface area is 185 Å². The zero-order valence-corrected chi connectivity index (χ0v) is 17.8. The standard InChI is InChI=1S/C24H24FN3O4/c1-4-28(26-15(2)16(3)29)18-10-8-17(9-11-18)13-27-14-21(24(31)32)23(30)20-12-19(27)6-5-7-22(20)25/h4-11,14-15,26H,1,12-13H2,2-3H3,(H,31,32). The third-order valence-corrected chi connectivity index (χ3v) is 5.27. The molecule has 0 spiro atoms. The van der Waals surface area contributed by atoms with Crippen LogP contribution >= 0.6 is 0 Å². The lowest BCUT2D eigenvalue weighted by Crippen LogP contribution is -2.43. The number of fused-ring (bicyclic) bond motifs is 2. The molecule has 0 aromatic heterocycles. The van der Waals surface area contributed by atoms with Gasteiger partial charge in [0, 0.05) is 36.6 Å². The van der Waals surface area contributed by atoms with Crippen molar-refractivity contribution in [1.82, 2.24) is 10.3 Å². The van der Waals surface area contributed by atoms with Crippen molar-refractivity contribution in [3.63, 3.8) is 0 Å². The highest BCUT2D eigenvalue weighted by molar-refractivity contribution is 6.24. The average molecular weight is 437 g/mol. The van der Waals surface area contributed by atoms with E-state index in [4.69, 9.17) is 0 Å². The van der Waals surface area contributed by atoms with Crippen LogP contribution in [0.15, 0.2) is 84.1 Å². The highest BCUT2D eigenvalue weighted by atomic mass is 19.1. The predicted octanol–water partition coefficient (Wildman–Crippen LogP) is 3.54. The molecular weight excluding hydrogens is 413 g/mol. The van der Waals surface area contributed by atoms with E-state index in [-0.39, 0.29) is 30.4 Å². The van der Waals surface area contributed by atoms with E-state index in [2.05, 4.69) is 12.0 Å². The summed E-state index contributed by atoms with van der Waals surface area (Å²) in [6, 6.07) is 6.95. The van der Waals surface area contributed by atoms with Gasteiger partial charge in [-0.1, -0.05) is 24.8 Å². The van der Waals surface area contributed by atoms with E-state index < -0.39 is 23.2 Å².